The molecule has 0 radical (unpaired) electrons. The van der Waals surface area contributed by atoms with E-state index in [0.29, 0.717) is 13.2 Å². The van der Waals surface area contributed by atoms with Crippen molar-refractivity contribution in [3.63, 3.8) is 0 Å². The molecular weight excluding hydrogens is 253 g/mol. The molecule has 0 N–H and O–H groups in total. The fraction of sp³-hybridized carbons (Fsp3) is 1.00. The number of quaternary nitrogens is 1. The molecule has 112 valence electrons. The molecule has 0 spiro atoms. The first-order valence-electron chi connectivity index (χ1n) is 6.03. The van der Waals surface area contributed by atoms with E-state index in [1.54, 1.807) is 7.11 Å². The first-order chi connectivity index (χ1) is 8.24. The summed E-state index contributed by atoms with van der Waals surface area (Å²) in [6.45, 7) is 12.3. The summed E-state index contributed by atoms with van der Waals surface area (Å²) < 4.78 is 50.5. The molecule has 0 aromatic carbocycles. The zero-order valence-corrected chi connectivity index (χ0v) is 11.6. The summed E-state index contributed by atoms with van der Waals surface area (Å²) in [7, 11) is -4.30. The summed E-state index contributed by atoms with van der Waals surface area (Å²) in [5.41, 5.74) is 0. The highest BCUT2D eigenvalue weighted by atomic mass is 19.5. The Hall–Kier alpha value is -0.335. The molecule has 0 aliphatic rings. The number of ether oxygens (including phenoxy) is 2. The van der Waals surface area contributed by atoms with Crippen LogP contribution in [-0.2, 0) is 9.47 Å². The normalized spacial score (nSPS) is 12.0. The van der Waals surface area contributed by atoms with Crippen molar-refractivity contribution in [2.45, 2.75) is 20.8 Å². The third kappa shape index (κ3) is 13.7. The van der Waals surface area contributed by atoms with Crippen LogP contribution in [0, 0.1) is 0 Å². The molecule has 0 amide bonds. The van der Waals surface area contributed by atoms with Gasteiger partial charge in [-0.15, -0.1) is 0 Å². The molecule has 0 unspecified atom stereocenters. The van der Waals surface area contributed by atoms with E-state index in [2.05, 4.69) is 20.8 Å². The van der Waals surface area contributed by atoms with Crippen molar-refractivity contribution in [2.75, 3.05) is 46.7 Å². The molecule has 0 saturated carbocycles. The number of methoxy groups -OCH3 is 1. The van der Waals surface area contributed by atoms with Gasteiger partial charge in [0, 0.05) is 7.11 Å². The minimum atomic E-state index is -6.00. The third-order valence-corrected chi connectivity index (χ3v) is 2.81. The van der Waals surface area contributed by atoms with Crippen LogP contribution in [0.3, 0.4) is 0 Å². The lowest BCUT2D eigenvalue weighted by molar-refractivity contribution is -0.941. The Morgan fingerprint density at radius 1 is 0.889 bits per heavy atom. The third-order valence-electron chi connectivity index (χ3n) is 2.81. The summed E-state index contributed by atoms with van der Waals surface area (Å²) in [5.74, 6) is 0. The maximum Gasteiger partial charge on any atom is 0.673 e. The first-order valence-corrected chi connectivity index (χ1v) is 6.03. The van der Waals surface area contributed by atoms with Gasteiger partial charge in [-0.05, 0) is 20.8 Å². The number of halogens is 4. The Kier molecular flexibility index (Phi) is 11.7. The van der Waals surface area contributed by atoms with Gasteiger partial charge in [0.05, 0.1) is 32.8 Å². The molecule has 0 aromatic rings. The number of hydrogen-bond donors (Lipinski definition) is 0. The van der Waals surface area contributed by atoms with Gasteiger partial charge >= 0.3 is 7.25 Å². The molecule has 0 fully saturated rings. The van der Waals surface area contributed by atoms with Crippen LogP contribution < -0.4 is 0 Å². The van der Waals surface area contributed by atoms with E-state index in [1.807, 2.05) is 0 Å². The Balaban J connectivity index is 0. The van der Waals surface area contributed by atoms with Gasteiger partial charge in [-0.1, -0.05) is 0 Å². The van der Waals surface area contributed by atoms with Crippen molar-refractivity contribution in [1.29, 1.82) is 0 Å². The minimum absolute atomic E-state index is 0.692. The van der Waals surface area contributed by atoms with Gasteiger partial charge in [0.2, 0.25) is 0 Å². The van der Waals surface area contributed by atoms with Crippen LogP contribution in [0.2, 0.25) is 0 Å². The smallest absolute Gasteiger partial charge is 0.418 e. The van der Waals surface area contributed by atoms with Crippen molar-refractivity contribution in [3.05, 3.63) is 0 Å². The topological polar surface area (TPSA) is 18.5 Å². The lowest BCUT2D eigenvalue weighted by Gasteiger charge is -2.34. The van der Waals surface area contributed by atoms with Gasteiger partial charge in [-0.3, -0.25) is 0 Å². The Bertz CT molecular complexity index is 175. The average molecular weight is 277 g/mol. The molecule has 0 saturated heterocycles. The van der Waals surface area contributed by atoms with Crippen molar-refractivity contribution < 1.29 is 31.2 Å². The molecule has 0 aromatic heterocycles. The zero-order valence-electron chi connectivity index (χ0n) is 11.6. The molecule has 0 bridgehead atoms. The van der Waals surface area contributed by atoms with E-state index in [0.717, 1.165) is 30.8 Å². The van der Waals surface area contributed by atoms with Crippen LogP contribution >= 0.6 is 0 Å². The molecule has 8 heteroatoms. The molecule has 0 heterocycles. The van der Waals surface area contributed by atoms with E-state index < -0.39 is 7.25 Å². The lowest BCUT2D eigenvalue weighted by atomic mass is 10.3. The molecular formula is C10H24BF4NO2. The lowest BCUT2D eigenvalue weighted by Crippen LogP contribution is -2.49. The minimum Gasteiger partial charge on any atom is -0.418 e. The molecule has 0 atom stereocenters. The Morgan fingerprint density at radius 3 is 1.56 bits per heavy atom. The zero-order chi connectivity index (χ0) is 14.7. The van der Waals surface area contributed by atoms with Crippen molar-refractivity contribution in [3.8, 4) is 0 Å². The van der Waals surface area contributed by atoms with Crippen LogP contribution in [-0.4, -0.2) is 58.4 Å². The van der Waals surface area contributed by atoms with Crippen LogP contribution in [0.15, 0.2) is 0 Å². The fourth-order valence-electron chi connectivity index (χ4n) is 1.35. The van der Waals surface area contributed by atoms with E-state index in [4.69, 9.17) is 9.47 Å². The van der Waals surface area contributed by atoms with Gasteiger partial charge in [0.15, 0.2) is 6.73 Å². The van der Waals surface area contributed by atoms with Crippen LogP contribution in [0.5, 0.6) is 0 Å². The Morgan fingerprint density at radius 2 is 1.28 bits per heavy atom. The fourth-order valence-corrected chi connectivity index (χ4v) is 1.35. The quantitative estimate of drug-likeness (QED) is 0.223. The van der Waals surface area contributed by atoms with E-state index in [-0.39, 0.29) is 0 Å². The number of nitrogens with zero attached hydrogens (tertiary/aromatic N) is 1. The van der Waals surface area contributed by atoms with Gasteiger partial charge in [0.1, 0.15) is 0 Å². The van der Waals surface area contributed by atoms with Crippen LogP contribution in [0.1, 0.15) is 20.8 Å². The maximum atomic E-state index is 9.75. The van der Waals surface area contributed by atoms with E-state index in [9.17, 15) is 17.3 Å². The Labute approximate surface area is 107 Å². The maximum absolute atomic E-state index is 9.75. The second kappa shape index (κ2) is 10.6. The number of rotatable bonds is 8. The number of hydrogen-bond acceptors (Lipinski definition) is 2. The van der Waals surface area contributed by atoms with Gasteiger partial charge < -0.3 is 31.2 Å². The van der Waals surface area contributed by atoms with E-state index in [1.165, 1.54) is 0 Å². The van der Waals surface area contributed by atoms with Gasteiger partial charge in [-0.25, -0.2) is 0 Å². The second-order valence-electron chi connectivity index (χ2n) is 3.82. The second-order valence-corrected chi connectivity index (χ2v) is 3.82. The monoisotopic (exact) mass is 277 g/mol. The molecule has 0 aliphatic carbocycles. The highest BCUT2D eigenvalue weighted by Crippen LogP contribution is 2.06. The van der Waals surface area contributed by atoms with Crippen molar-refractivity contribution in [1.82, 2.24) is 0 Å². The predicted molar refractivity (Wildman–Crippen MR) is 64.8 cm³/mol. The summed E-state index contributed by atoms with van der Waals surface area (Å²) in [6.07, 6.45) is 0. The molecule has 18 heavy (non-hydrogen) atoms. The van der Waals surface area contributed by atoms with E-state index >= 15 is 0 Å². The molecule has 0 aliphatic heterocycles. The summed E-state index contributed by atoms with van der Waals surface area (Å²) in [6, 6.07) is 0. The summed E-state index contributed by atoms with van der Waals surface area (Å²) in [5, 5.41) is 0. The summed E-state index contributed by atoms with van der Waals surface area (Å²) >= 11 is 0. The first kappa shape index (κ1) is 20.0. The van der Waals surface area contributed by atoms with Crippen molar-refractivity contribution >= 4 is 7.25 Å². The highest BCUT2D eigenvalue weighted by molar-refractivity contribution is 6.50. The largest absolute Gasteiger partial charge is 0.673 e. The van der Waals surface area contributed by atoms with Crippen LogP contribution in [0.4, 0.5) is 17.3 Å². The van der Waals surface area contributed by atoms with Crippen LogP contribution in [0.25, 0.3) is 0 Å². The SMILES string of the molecule is CC[N+](CC)(CC)COCCOC.F[B-](F)(F)F. The highest BCUT2D eigenvalue weighted by Gasteiger charge is 2.21. The van der Waals surface area contributed by atoms with Crippen molar-refractivity contribution in [2.24, 2.45) is 0 Å². The average Bonchev–Trinajstić information content (AvgIpc) is 2.28. The molecule has 0 rings (SSSR count). The van der Waals surface area contributed by atoms with Gasteiger partial charge in [-0.2, -0.15) is 0 Å². The van der Waals surface area contributed by atoms with Gasteiger partial charge in [0.25, 0.3) is 0 Å². The standard InChI is InChI=1S/C10H24NO2.BF4/c1-5-11(6-2,7-3)10-13-9-8-12-4;2-1(3,4)5/h5-10H2,1-4H3;/q+1;-1. The molecule has 3 nitrogen and oxygen atoms in total. The predicted octanol–water partition coefficient (Wildman–Crippen LogP) is 2.78. The summed E-state index contributed by atoms with van der Waals surface area (Å²) in [4.78, 5) is 0.